The van der Waals surface area contributed by atoms with Crippen LogP contribution in [0.4, 0.5) is 0 Å². The predicted molar refractivity (Wildman–Crippen MR) is 121 cm³/mol. The van der Waals surface area contributed by atoms with Gasteiger partial charge < -0.3 is 25.0 Å². The Labute approximate surface area is 200 Å². The third-order valence-electron chi connectivity index (χ3n) is 8.69. The molecule has 0 aliphatic heterocycles. The summed E-state index contributed by atoms with van der Waals surface area (Å²) in [6.07, 6.45) is 1.62. The van der Waals surface area contributed by atoms with Gasteiger partial charge in [-0.05, 0) is 49.9 Å². The highest BCUT2D eigenvalue weighted by Crippen LogP contribution is 2.64. The molecule has 3 saturated carbocycles. The molecule has 0 unspecified atom stereocenters. The van der Waals surface area contributed by atoms with Crippen molar-refractivity contribution in [3.8, 4) is 0 Å². The smallest absolute Gasteiger partial charge is 0.316 e. The summed E-state index contributed by atoms with van der Waals surface area (Å²) in [6.45, 7) is 6.80. The SMILES string of the molecule is COC(=O)[C@@]1(C)[C@@H](OC(C)=O)CC[C@@]2(C)[C@H]1C(=O)[C@H](O)[C@H]1[C@@H](C)/C(=C/C(=O)NCCO)CC[C@@H]12. The van der Waals surface area contributed by atoms with Crippen LogP contribution in [0.25, 0.3) is 0 Å². The quantitative estimate of drug-likeness (QED) is 0.394. The predicted octanol–water partition coefficient (Wildman–Crippen LogP) is 1.15. The van der Waals surface area contributed by atoms with Gasteiger partial charge in [-0.1, -0.05) is 19.4 Å². The number of hydrogen-bond donors (Lipinski definition) is 3. The van der Waals surface area contributed by atoms with Gasteiger partial charge in [0.1, 0.15) is 17.6 Å². The van der Waals surface area contributed by atoms with Gasteiger partial charge in [0, 0.05) is 31.4 Å². The summed E-state index contributed by atoms with van der Waals surface area (Å²) in [5.74, 6) is -3.46. The summed E-state index contributed by atoms with van der Waals surface area (Å²) in [5, 5.41) is 22.8. The zero-order chi connectivity index (χ0) is 25.4. The lowest BCUT2D eigenvalue weighted by molar-refractivity contribution is -0.215. The number of esters is 2. The maximum absolute atomic E-state index is 13.8. The van der Waals surface area contributed by atoms with Crippen molar-refractivity contribution in [2.45, 2.75) is 65.6 Å². The summed E-state index contributed by atoms with van der Waals surface area (Å²) in [7, 11) is 1.25. The molecule has 0 aromatic carbocycles. The number of fused-ring (bicyclic) bond motifs is 3. The molecule has 0 spiro atoms. The second-order valence-corrected chi connectivity index (χ2v) is 10.4. The fourth-order valence-corrected chi connectivity index (χ4v) is 7.19. The maximum atomic E-state index is 13.8. The fraction of sp³-hybridized carbons (Fsp3) is 0.760. The van der Waals surface area contributed by atoms with Crippen molar-refractivity contribution >= 4 is 23.6 Å². The maximum Gasteiger partial charge on any atom is 0.316 e. The van der Waals surface area contributed by atoms with Crippen LogP contribution >= 0.6 is 0 Å². The number of aliphatic hydroxyl groups is 2. The van der Waals surface area contributed by atoms with Gasteiger partial charge >= 0.3 is 11.9 Å². The number of hydrogen-bond acceptors (Lipinski definition) is 8. The van der Waals surface area contributed by atoms with Crippen molar-refractivity contribution in [3.05, 3.63) is 11.6 Å². The lowest BCUT2D eigenvalue weighted by atomic mass is 9.41. The van der Waals surface area contributed by atoms with Crippen LogP contribution in [-0.4, -0.2) is 66.3 Å². The van der Waals surface area contributed by atoms with Crippen molar-refractivity contribution in [1.29, 1.82) is 0 Å². The van der Waals surface area contributed by atoms with Gasteiger partial charge in [-0.2, -0.15) is 0 Å². The summed E-state index contributed by atoms with van der Waals surface area (Å²) >= 11 is 0. The summed E-state index contributed by atoms with van der Waals surface area (Å²) < 4.78 is 10.6. The lowest BCUT2D eigenvalue weighted by Gasteiger charge is -2.62. The molecule has 3 N–H and O–H groups in total. The Bertz CT molecular complexity index is 884. The number of ketones is 1. The first kappa shape index (κ1) is 26.3. The number of carbonyl (C=O) groups is 4. The molecular weight excluding hydrogens is 442 g/mol. The second-order valence-electron chi connectivity index (χ2n) is 10.4. The van der Waals surface area contributed by atoms with E-state index in [0.29, 0.717) is 25.7 Å². The van der Waals surface area contributed by atoms with E-state index in [-0.39, 0.29) is 30.9 Å². The minimum Gasteiger partial charge on any atom is -0.468 e. The average Bonchev–Trinajstić information content (AvgIpc) is 2.78. The number of carbonyl (C=O) groups excluding carboxylic acids is 4. The minimum atomic E-state index is -1.42. The first-order valence-electron chi connectivity index (χ1n) is 12.0. The average molecular weight is 480 g/mol. The number of aliphatic hydroxyl groups excluding tert-OH is 2. The highest BCUT2D eigenvalue weighted by molar-refractivity contribution is 5.94. The van der Waals surface area contributed by atoms with Crippen molar-refractivity contribution < 1.29 is 38.9 Å². The number of Topliss-reactive ketones (excluding diaryl/α,β-unsaturated/α-hetero) is 1. The second kappa shape index (κ2) is 9.77. The standard InChI is InChI=1S/C25H37NO8/c1-13-15(12-18(29)26-10-11-27)6-7-16-19(13)20(30)21(31)22-24(16,3)9-8-17(34-14(2)28)25(22,4)23(32)33-5/h12-13,16-17,19-20,22,27,30H,6-11H2,1-5H3,(H,26,29)/b15-12+/t13-,16-,17-,19-,20+,22+,24+,25-/m0/s1. The molecule has 3 rings (SSSR count). The van der Waals surface area contributed by atoms with Crippen LogP contribution in [0.1, 0.15) is 53.4 Å². The topological polar surface area (TPSA) is 139 Å². The molecule has 3 aliphatic rings. The number of methoxy groups -OCH3 is 1. The van der Waals surface area contributed by atoms with E-state index in [1.54, 1.807) is 6.92 Å². The molecule has 9 heteroatoms. The number of allylic oxidation sites excluding steroid dienone is 1. The van der Waals surface area contributed by atoms with Crippen molar-refractivity contribution in [3.63, 3.8) is 0 Å². The highest BCUT2D eigenvalue weighted by atomic mass is 16.6. The molecule has 0 bridgehead atoms. The highest BCUT2D eigenvalue weighted by Gasteiger charge is 2.69. The van der Waals surface area contributed by atoms with Crippen LogP contribution in [0.5, 0.6) is 0 Å². The van der Waals surface area contributed by atoms with E-state index < -0.39 is 52.6 Å². The van der Waals surface area contributed by atoms with E-state index in [1.807, 2.05) is 13.8 Å². The van der Waals surface area contributed by atoms with E-state index in [0.717, 1.165) is 5.57 Å². The van der Waals surface area contributed by atoms with Crippen LogP contribution in [0.15, 0.2) is 11.6 Å². The molecule has 190 valence electrons. The van der Waals surface area contributed by atoms with Gasteiger partial charge in [0.25, 0.3) is 0 Å². The Morgan fingerprint density at radius 3 is 2.50 bits per heavy atom. The van der Waals surface area contributed by atoms with Gasteiger partial charge in [-0.15, -0.1) is 0 Å². The summed E-state index contributed by atoms with van der Waals surface area (Å²) in [4.78, 5) is 50.9. The third-order valence-corrected chi connectivity index (χ3v) is 8.69. The molecule has 3 aliphatic carbocycles. The molecule has 34 heavy (non-hydrogen) atoms. The van der Waals surface area contributed by atoms with Crippen LogP contribution in [0, 0.1) is 34.5 Å². The van der Waals surface area contributed by atoms with Crippen molar-refractivity contribution in [1.82, 2.24) is 5.32 Å². The van der Waals surface area contributed by atoms with E-state index in [4.69, 9.17) is 14.6 Å². The molecule has 0 saturated heterocycles. The van der Waals surface area contributed by atoms with E-state index in [1.165, 1.54) is 20.1 Å². The number of rotatable bonds is 5. The van der Waals surface area contributed by atoms with E-state index in [2.05, 4.69) is 5.32 Å². The molecule has 9 nitrogen and oxygen atoms in total. The van der Waals surface area contributed by atoms with Gasteiger partial charge in [-0.3, -0.25) is 19.2 Å². The van der Waals surface area contributed by atoms with Gasteiger partial charge in [0.2, 0.25) is 5.91 Å². The third kappa shape index (κ3) is 4.17. The first-order chi connectivity index (χ1) is 15.9. The van der Waals surface area contributed by atoms with Gasteiger partial charge in [0.15, 0.2) is 5.78 Å². The Kier molecular flexibility index (Phi) is 7.57. The van der Waals surface area contributed by atoms with E-state index >= 15 is 0 Å². The van der Waals surface area contributed by atoms with Crippen molar-refractivity contribution in [2.24, 2.45) is 34.5 Å². The molecule has 1 amide bonds. The molecule has 8 atom stereocenters. The molecule has 0 heterocycles. The Hall–Kier alpha value is -2.26. The van der Waals surface area contributed by atoms with Crippen molar-refractivity contribution in [2.75, 3.05) is 20.3 Å². The fourth-order valence-electron chi connectivity index (χ4n) is 7.19. The van der Waals surface area contributed by atoms with Gasteiger partial charge in [-0.25, -0.2) is 0 Å². The zero-order valence-electron chi connectivity index (χ0n) is 20.6. The normalized spacial score (nSPS) is 40.7. The van der Waals surface area contributed by atoms with E-state index in [9.17, 15) is 24.3 Å². The van der Waals surface area contributed by atoms with Gasteiger partial charge in [0.05, 0.1) is 13.7 Å². The zero-order valence-corrected chi connectivity index (χ0v) is 20.6. The minimum absolute atomic E-state index is 0.0693. The molecule has 0 radical (unpaired) electrons. The number of nitrogens with one attached hydrogen (secondary N) is 1. The van der Waals surface area contributed by atoms with Crippen LogP contribution in [-0.2, 0) is 28.7 Å². The number of ether oxygens (including phenoxy) is 2. The monoisotopic (exact) mass is 479 g/mol. The summed E-state index contributed by atoms with van der Waals surface area (Å²) in [6, 6.07) is 0. The van der Waals surface area contributed by atoms with Crippen LogP contribution < -0.4 is 5.32 Å². The Morgan fingerprint density at radius 2 is 1.91 bits per heavy atom. The Morgan fingerprint density at radius 1 is 1.24 bits per heavy atom. The largest absolute Gasteiger partial charge is 0.468 e. The van der Waals surface area contributed by atoms with Crippen LogP contribution in [0.2, 0.25) is 0 Å². The molecule has 0 aromatic heterocycles. The van der Waals surface area contributed by atoms with Crippen LogP contribution in [0.3, 0.4) is 0 Å². The Balaban J connectivity index is 2.01. The summed E-state index contributed by atoms with van der Waals surface area (Å²) in [5.41, 5.74) is -1.17. The first-order valence-corrected chi connectivity index (χ1v) is 12.0. The molecular formula is C25H37NO8. The number of amides is 1. The molecule has 0 aromatic rings. The molecule has 3 fully saturated rings. The lowest BCUT2D eigenvalue weighted by Crippen LogP contribution is -2.68.